The maximum atomic E-state index is 11.9. The lowest BCUT2D eigenvalue weighted by Gasteiger charge is -2.34. The van der Waals surface area contributed by atoms with Crippen LogP contribution >= 0.6 is 0 Å². The van der Waals surface area contributed by atoms with Crippen molar-refractivity contribution < 1.29 is 13.3 Å². The van der Waals surface area contributed by atoms with Gasteiger partial charge in [-0.1, -0.05) is 6.07 Å². The predicted octanol–water partition coefficient (Wildman–Crippen LogP) is 1.43. The van der Waals surface area contributed by atoms with Crippen LogP contribution in [0.5, 0.6) is 0 Å². The van der Waals surface area contributed by atoms with Gasteiger partial charge in [-0.15, -0.1) is 0 Å². The number of hydrogen-bond donors (Lipinski definition) is 0. The fourth-order valence-corrected chi connectivity index (χ4v) is 3.90. The van der Waals surface area contributed by atoms with Gasteiger partial charge in [-0.3, -0.25) is 10.1 Å². The molecule has 0 aliphatic carbocycles. The van der Waals surface area contributed by atoms with Crippen LogP contribution < -0.4 is 4.90 Å². The minimum Gasteiger partial charge on any atom is -0.364 e. The molecule has 2 aromatic rings. The lowest BCUT2D eigenvalue weighted by Crippen LogP contribution is -2.37. The first-order chi connectivity index (χ1) is 11.4. The second-order valence-corrected chi connectivity index (χ2v) is 7.75. The van der Waals surface area contributed by atoms with Crippen LogP contribution in [0.15, 0.2) is 35.7 Å². The molecule has 1 aromatic carbocycles. The van der Waals surface area contributed by atoms with Gasteiger partial charge >= 0.3 is 5.69 Å². The summed E-state index contributed by atoms with van der Waals surface area (Å²) in [7, 11) is -3.69. The number of para-hydroxylation sites is 1. The molecule has 2 heterocycles. The molecule has 1 unspecified atom stereocenters. The Morgan fingerprint density at radius 1 is 1.38 bits per heavy atom. The predicted molar refractivity (Wildman–Crippen MR) is 86.7 cm³/mol. The zero-order chi connectivity index (χ0) is 17.3. The van der Waals surface area contributed by atoms with Gasteiger partial charge in [0.25, 0.3) is 0 Å². The van der Waals surface area contributed by atoms with Crippen molar-refractivity contribution in [1.82, 2.24) is 14.8 Å². The number of aromatic nitrogens is 3. The van der Waals surface area contributed by atoms with Crippen molar-refractivity contribution in [2.75, 3.05) is 24.2 Å². The lowest BCUT2D eigenvalue weighted by molar-refractivity contribution is -0.387. The summed E-state index contributed by atoms with van der Waals surface area (Å²) >= 11 is 0. The molecule has 1 aliphatic heterocycles. The van der Waals surface area contributed by atoms with Crippen LogP contribution in [0, 0.1) is 10.1 Å². The number of hydrogen-bond acceptors (Lipinski definition) is 7. The van der Waals surface area contributed by atoms with E-state index in [1.165, 1.54) is 18.5 Å². The Kier molecular flexibility index (Phi) is 4.22. The van der Waals surface area contributed by atoms with E-state index >= 15 is 0 Å². The Morgan fingerprint density at radius 2 is 2.17 bits per heavy atom. The second kappa shape index (κ2) is 6.19. The monoisotopic (exact) mass is 351 g/mol. The summed E-state index contributed by atoms with van der Waals surface area (Å²) in [6.45, 7) is 1.14. The molecule has 128 valence electrons. The van der Waals surface area contributed by atoms with E-state index < -0.39 is 14.8 Å². The van der Waals surface area contributed by atoms with Crippen molar-refractivity contribution in [3.8, 4) is 0 Å². The first-order valence-corrected chi connectivity index (χ1v) is 9.33. The van der Waals surface area contributed by atoms with Crippen molar-refractivity contribution in [1.29, 1.82) is 0 Å². The SMILES string of the molecule is CS(=O)(=O)c1cccc(N2CCCC(n3cncn3)C2)c1[N+](=O)[O-]. The highest BCUT2D eigenvalue weighted by Crippen LogP contribution is 2.37. The van der Waals surface area contributed by atoms with Gasteiger partial charge in [0.15, 0.2) is 9.84 Å². The van der Waals surface area contributed by atoms with Gasteiger partial charge in [-0.25, -0.2) is 18.1 Å². The van der Waals surface area contributed by atoms with Gasteiger partial charge in [0.05, 0.1) is 11.0 Å². The number of anilines is 1. The van der Waals surface area contributed by atoms with Gasteiger partial charge in [0.1, 0.15) is 23.2 Å². The fraction of sp³-hybridized carbons (Fsp3) is 0.429. The number of piperidine rings is 1. The molecule has 1 aliphatic rings. The molecule has 9 nitrogen and oxygen atoms in total. The van der Waals surface area contributed by atoms with E-state index in [2.05, 4.69) is 10.1 Å². The van der Waals surface area contributed by atoms with E-state index in [1.807, 2.05) is 4.90 Å². The topological polar surface area (TPSA) is 111 Å². The summed E-state index contributed by atoms with van der Waals surface area (Å²) < 4.78 is 25.5. The Balaban J connectivity index is 2.01. The molecule has 1 atom stereocenters. The van der Waals surface area contributed by atoms with E-state index in [4.69, 9.17) is 0 Å². The van der Waals surface area contributed by atoms with Crippen molar-refractivity contribution in [3.05, 3.63) is 41.0 Å². The number of rotatable bonds is 4. The molecule has 0 bridgehead atoms. The van der Waals surface area contributed by atoms with E-state index in [-0.39, 0.29) is 16.6 Å². The summed E-state index contributed by atoms with van der Waals surface area (Å²) in [5.41, 5.74) is -0.0352. The Labute approximate surface area is 139 Å². The first-order valence-electron chi connectivity index (χ1n) is 7.44. The lowest BCUT2D eigenvalue weighted by atomic mass is 10.0. The van der Waals surface area contributed by atoms with Crippen LogP contribution in [-0.4, -0.2) is 47.5 Å². The van der Waals surface area contributed by atoms with Gasteiger partial charge in [-0.2, -0.15) is 5.10 Å². The Morgan fingerprint density at radius 3 is 2.79 bits per heavy atom. The van der Waals surface area contributed by atoms with Crippen LogP contribution in [0.2, 0.25) is 0 Å². The highest BCUT2D eigenvalue weighted by atomic mass is 32.2. The maximum absolute atomic E-state index is 11.9. The number of nitro groups is 1. The third-order valence-electron chi connectivity index (χ3n) is 4.11. The maximum Gasteiger partial charge on any atom is 0.311 e. The summed E-state index contributed by atoms with van der Waals surface area (Å²) in [4.78, 5) is 16.4. The number of nitro benzene ring substituents is 1. The third kappa shape index (κ3) is 3.09. The second-order valence-electron chi connectivity index (χ2n) is 5.77. The van der Waals surface area contributed by atoms with Crippen LogP contribution in [0.4, 0.5) is 11.4 Å². The molecule has 1 aromatic heterocycles. The summed E-state index contributed by atoms with van der Waals surface area (Å²) in [5.74, 6) is 0. The van der Waals surface area contributed by atoms with Crippen molar-refractivity contribution in [2.24, 2.45) is 0 Å². The normalized spacial score (nSPS) is 18.5. The molecule has 24 heavy (non-hydrogen) atoms. The zero-order valence-electron chi connectivity index (χ0n) is 13.1. The van der Waals surface area contributed by atoms with E-state index in [1.54, 1.807) is 17.1 Å². The summed E-state index contributed by atoms with van der Waals surface area (Å²) in [6, 6.07) is 4.45. The average Bonchev–Trinajstić information content (AvgIpc) is 3.08. The Bertz CT molecular complexity index is 850. The van der Waals surface area contributed by atoms with Gasteiger partial charge < -0.3 is 4.90 Å². The smallest absolute Gasteiger partial charge is 0.311 e. The van der Waals surface area contributed by atoms with Crippen LogP contribution in [0.25, 0.3) is 0 Å². The highest BCUT2D eigenvalue weighted by Gasteiger charge is 2.31. The number of benzene rings is 1. The first kappa shape index (κ1) is 16.4. The largest absolute Gasteiger partial charge is 0.364 e. The van der Waals surface area contributed by atoms with Crippen molar-refractivity contribution in [3.63, 3.8) is 0 Å². The van der Waals surface area contributed by atoms with Crippen LogP contribution in [0.3, 0.4) is 0 Å². The standard InChI is InChI=1S/C14H17N5O4S/c1-24(22,23)13-6-2-5-12(14(13)19(20)21)17-7-3-4-11(8-17)18-10-15-9-16-18/h2,5-6,9-11H,3-4,7-8H2,1H3. The zero-order valence-corrected chi connectivity index (χ0v) is 13.9. The molecule has 10 heteroatoms. The van der Waals surface area contributed by atoms with Crippen LogP contribution in [0.1, 0.15) is 18.9 Å². The Hall–Kier alpha value is -2.49. The molecule has 0 spiro atoms. The van der Waals surface area contributed by atoms with Crippen molar-refractivity contribution >= 4 is 21.2 Å². The van der Waals surface area contributed by atoms with E-state index in [9.17, 15) is 18.5 Å². The summed E-state index contributed by atoms with van der Waals surface area (Å²) in [6.07, 6.45) is 5.76. The molecule has 3 rings (SSSR count). The number of sulfone groups is 1. The molecule has 0 saturated carbocycles. The fourth-order valence-electron chi connectivity index (χ4n) is 3.04. The molecule has 0 N–H and O–H groups in total. The van der Waals surface area contributed by atoms with E-state index in [0.717, 1.165) is 19.1 Å². The minimum atomic E-state index is -3.69. The van der Waals surface area contributed by atoms with Crippen LogP contribution in [-0.2, 0) is 9.84 Å². The molecular weight excluding hydrogens is 334 g/mol. The quantitative estimate of drug-likeness (QED) is 0.605. The molecule has 0 amide bonds. The average molecular weight is 351 g/mol. The van der Waals surface area contributed by atoms with Gasteiger partial charge in [0, 0.05) is 19.3 Å². The number of nitrogens with zero attached hydrogens (tertiary/aromatic N) is 5. The molecule has 1 fully saturated rings. The van der Waals surface area contributed by atoms with Gasteiger partial charge in [-0.05, 0) is 25.0 Å². The molecular formula is C14H17N5O4S. The third-order valence-corrected chi connectivity index (χ3v) is 5.24. The minimum absolute atomic E-state index is 0.0442. The molecule has 0 radical (unpaired) electrons. The summed E-state index contributed by atoms with van der Waals surface area (Å²) in [5, 5.41) is 15.7. The highest BCUT2D eigenvalue weighted by molar-refractivity contribution is 7.90. The van der Waals surface area contributed by atoms with Crippen molar-refractivity contribution in [2.45, 2.75) is 23.8 Å². The van der Waals surface area contributed by atoms with E-state index in [0.29, 0.717) is 18.8 Å². The molecule has 1 saturated heterocycles. The van der Waals surface area contributed by atoms with Gasteiger partial charge in [0.2, 0.25) is 0 Å².